The summed E-state index contributed by atoms with van der Waals surface area (Å²) in [5.41, 5.74) is 7.12. The van der Waals surface area contributed by atoms with E-state index < -0.39 is 12.2 Å². The Bertz CT molecular complexity index is 1800. The third kappa shape index (κ3) is 11.6. The van der Waals surface area contributed by atoms with Crippen molar-refractivity contribution < 1.29 is 34.6 Å². The number of rotatable bonds is 20. The van der Waals surface area contributed by atoms with E-state index in [1.165, 1.54) is 6.20 Å². The van der Waals surface area contributed by atoms with Gasteiger partial charge in [0.1, 0.15) is 36.5 Å². The Kier molecular flexibility index (Phi) is 15.7. The van der Waals surface area contributed by atoms with Crippen LogP contribution >= 0.6 is 11.6 Å². The van der Waals surface area contributed by atoms with Crippen LogP contribution < -0.4 is 14.2 Å². The third-order valence-corrected chi connectivity index (χ3v) is 8.98. The minimum atomic E-state index is -0.887. The van der Waals surface area contributed by atoms with E-state index in [2.05, 4.69) is 37.0 Å². The van der Waals surface area contributed by atoms with Crippen molar-refractivity contribution in [2.45, 2.75) is 52.2 Å². The van der Waals surface area contributed by atoms with Gasteiger partial charge in [-0.1, -0.05) is 41.9 Å². The second-order valence-electron chi connectivity index (χ2n) is 13.0. The number of ether oxygens (including phenoxy) is 3. The standard InChI is InChI=1S/C40H49ClN4O7/c1-27-31(8-5-9-35(27)36-10-6-11-38(28(36)2)50-13-7-12-44(3)21-33(48)23-46)26-52-40-16-39(51-25-30-14-29(17-42)18-43-19-30)32(15-37(40)41)20-45(4)22-34(49)24-47/h5-6,8-11,14-16,18-19,33-34,46-49H,7,12-13,20-26H2,1-4H3/t33-,34-/m0/s1. The van der Waals surface area contributed by atoms with Gasteiger partial charge in [-0.25, -0.2) is 0 Å². The molecule has 4 rings (SSSR count). The quantitative estimate of drug-likeness (QED) is 0.0920. The highest BCUT2D eigenvalue weighted by atomic mass is 35.5. The van der Waals surface area contributed by atoms with Crippen molar-refractivity contribution in [3.05, 3.63) is 105 Å². The average molecular weight is 733 g/mol. The van der Waals surface area contributed by atoms with E-state index in [-0.39, 0.29) is 33.0 Å². The van der Waals surface area contributed by atoms with Gasteiger partial charge in [-0.15, -0.1) is 0 Å². The van der Waals surface area contributed by atoms with Crippen LogP contribution in [-0.4, -0.2) is 101 Å². The number of hydrogen-bond donors (Lipinski definition) is 4. The molecule has 4 N–H and O–H groups in total. The largest absolute Gasteiger partial charge is 0.493 e. The van der Waals surface area contributed by atoms with E-state index in [0.717, 1.165) is 57.7 Å². The number of pyridine rings is 1. The summed E-state index contributed by atoms with van der Waals surface area (Å²) >= 11 is 6.77. The van der Waals surface area contributed by atoms with Gasteiger partial charge in [0.15, 0.2) is 0 Å². The van der Waals surface area contributed by atoms with Crippen molar-refractivity contribution in [3.8, 4) is 34.4 Å². The van der Waals surface area contributed by atoms with Crippen LogP contribution in [0.15, 0.2) is 67.0 Å². The Morgan fingerprint density at radius 3 is 2.17 bits per heavy atom. The number of benzene rings is 3. The molecule has 3 aromatic carbocycles. The number of halogens is 1. The molecule has 0 bridgehead atoms. The van der Waals surface area contributed by atoms with Crippen LogP contribution in [-0.2, 0) is 19.8 Å². The summed E-state index contributed by atoms with van der Waals surface area (Å²) in [6.45, 7) is 6.22. The molecule has 0 saturated carbocycles. The lowest BCUT2D eigenvalue weighted by Gasteiger charge is -2.22. The molecule has 0 fully saturated rings. The van der Waals surface area contributed by atoms with Crippen LogP contribution in [0.3, 0.4) is 0 Å². The number of hydrogen-bond acceptors (Lipinski definition) is 11. The number of likely N-dealkylation sites (N-methyl/N-ethyl adjacent to an activating group) is 2. The third-order valence-electron chi connectivity index (χ3n) is 8.69. The summed E-state index contributed by atoms with van der Waals surface area (Å²) in [5.74, 6) is 1.78. The average Bonchev–Trinajstić information content (AvgIpc) is 3.13. The van der Waals surface area contributed by atoms with Gasteiger partial charge in [-0.3, -0.25) is 9.88 Å². The predicted molar refractivity (Wildman–Crippen MR) is 201 cm³/mol. The lowest BCUT2D eigenvalue weighted by molar-refractivity contribution is 0.0645. The lowest BCUT2D eigenvalue weighted by Crippen LogP contribution is -2.32. The van der Waals surface area contributed by atoms with Gasteiger partial charge in [0.2, 0.25) is 0 Å². The molecule has 0 aliphatic rings. The normalized spacial score (nSPS) is 12.5. The maximum atomic E-state index is 9.96. The van der Waals surface area contributed by atoms with Gasteiger partial charge in [-0.05, 0) is 80.4 Å². The molecular formula is C40H49ClN4O7. The summed E-state index contributed by atoms with van der Waals surface area (Å²) in [4.78, 5) is 7.96. The maximum absolute atomic E-state index is 9.96. The Balaban J connectivity index is 1.50. The smallest absolute Gasteiger partial charge is 0.142 e. The first-order valence-corrected chi connectivity index (χ1v) is 17.6. The molecule has 0 amide bonds. The van der Waals surface area contributed by atoms with Gasteiger partial charge in [-0.2, -0.15) is 5.26 Å². The Labute approximate surface area is 311 Å². The van der Waals surface area contributed by atoms with Crippen molar-refractivity contribution in [2.75, 3.05) is 53.6 Å². The van der Waals surface area contributed by atoms with E-state index in [1.807, 2.05) is 48.2 Å². The summed E-state index contributed by atoms with van der Waals surface area (Å²) in [6.07, 6.45) is 2.27. The molecule has 0 aliphatic heterocycles. The van der Waals surface area contributed by atoms with Crippen molar-refractivity contribution in [3.63, 3.8) is 0 Å². The van der Waals surface area contributed by atoms with Crippen LogP contribution in [0.1, 0.15) is 39.8 Å². The minimum absolute atomic E-state index is 0.161. The minimum Gasteiger partial charge on any atom is -0.493 e. The highest BCUT2D eigenvalue weighted by molar-refractivity contribution is 6.32. The van der Waals surface area contributed by atoms with Crippen molar-refractivity contribution in [1.82, 2.24) is 14.8 Å². The molecule has 1 aromatic heterocycles. The molecule has 2 atom stereocenters. The van der Waals surface area contributed by atoms with Gasteiger partial charge in [0.25, 0.3) is 0 Å². The van der Waals surface area contributed by atoms with E-state index in [9.17, 15) is 20.6 Å². The molecule has 0 saturated heterocycles. The molecule has 0 aliphatic carbocycles. The summed E-state index contributed by atoms with van der Waals surface area (Å²) in [5, 5.41) is 47.7. The highest BCUT2D eigenvalue weighted by Crippen LogP contribution is 2.36. The van der Waals surface area contributed by atoms with E-state index >= 15 is 0 Å². The second-order valence-corrected chi connectivity index (χ2v) is 13.4. The second kappa shape index (κ2) is 20.1. The molecule has 11 nitrogen and oxygen atoms in total. The number of nitrogens with zero attached hydrogens (tertiary/aromatic N) is 4. The molecule has 0 radical (unpaired) electrons. The zero-order valence-electron chi connectivity index (χ0n) is 30.3. The predicted octanol–water partition coefficient (Wildman–Crippen LogP) is 4.89. The molecular weight excluding hydrogens is 684 g/mol. The van der Waals surface area contributed by atoms with Gasteiger partial charge in [0.05, 0.1) is 42.6 Å². The summed E-state index contributed by atoms with van der Waals surface area (Å²) in [7, 11) is 3.74. The summed E-state index contributed by atoms with van der Waals surface area (Å²) < 4.78 is 18.7. The van der Waals surface area contributed by atoms with Crippen LogP contribution in [0.2, 0.25) is 5.02 Å². The molecule has 0 unspecified atom stereocenters. The van der Waals surface area contributed by atoms with E-state index in [0.29, 0.717) is 41.8 Å². The van der Waals surface area contributed by atoms with Gasteiger partial charge < -0.3 is 39.5 Å². The fourth-order valence-corrected chi connectivity index (χ4v) is 6.12. The number of aliphatic hydroxyl groups excluding tert-OH is 4. The van der Waals surface area contributed by atoms with E-state index in [1.54, 1.807) is 24.4 Å². The zero-order chi connectivity index (χ0) is 37.6. The van der Waals surface area contributed by atoms with Crippen LogP contribution in [0.5, 0.6) is 17.2 Å². The lowest BCUT2D eigenvalue weighted by atomic mass is 9.93. The Morgan fingerprint density at radius 1 is 0.788 bits per heavy atom. The fourth-order valence-electron chi connectivity index (χ4n) is 5.88. The fraction of sp³-hybridized carbons (Fsp3) is 0.400. The van der Waals surface area contributed by atoms with Crippen LogP contribution in [0.4, 0.5) is 0 Å². The topological polar surface area (TPSA) is 152 Å². The van der Waals surface area contributed by atoms with Crippen LogP contribution in [0, 0.1) is 25.2 Å². The zero-order valence-corrected chi connectivity index (χ0v) is 31.0. The summed E-state index contributed by atoms with van der Waals surface area (Å²) in [6, 6.07) is 19.5. The van der Waals surface area contributed by atoms with Crippen LogP contribution in [0.25, 0.3) is 11.1 Å². The Morgan fingerprint density at radius 2 is 1.46 bits per heavy atom. The van der Waals surface area contributed by atoms with Gasteiger partial charge >= 0.3 is 0 Å². The van der Waals surface area contributed by atoms with E-state index in [4.69, 9.17) is 30.9 Å². The van der Waals surface area contributed by atoms with Crippen molar-refractivity contribution in [1.29, 1.82) is 5.26 Å². The van der Waals surface area contributed by atoms with Crippen molar-refractivity contribution in [2.24, 2.45) is 0 Å². The van der Waals surface area contributed by atoms with Crippen molar-refractivity contribution >= 4 is 11.6 Å². The SMILES string of the molecule is Cc1c(COc2cc(OCc3cncc(C#N)c3)c(CN(C)C[C@H](O)CO)cc2Cl)cccc1-c1cccc(OCCCN(C)C[C@H](O)CO)c1C. The molecule has 4 aromatic rings. The van der Waals surface area contributed by atoms with Gasteiger partial charge in [0, 0.05) is 55.8 Å². The number of aromatic nitrogens is 1. The molecule has 1 heterocycles. The monoisotopic (exact) mass is 732 g/mol. The maximum Gasteiger partial charge on any atom is 0.142 e. The number of nitriles is 1. The first-order valence-electron chi connectivity index (χ1n) is 17.2. The number of aliphatic hydroxyl groups is 4. The highest BCUT2D eigenvalue weighted by Gasteiger charge is 2.17. The molecule has 278 valence electrons. The molecule has 52 heavy (non-hydrogen) atoms. The molecule has 12 heteroatoms. The first kappa shape index (κ1) is 40.5. The Hall–Kier alpha value is -4.25. The first-order chi connectivity index (χ1) is 25.0. The molecule has 0 spiro atoms.